The molecule has 6 nitrogen and oxygen atoms in total. The molecule has 0 saturated carbocycles. The number of ether oxygens (including phenoxy) is 1. The minimum atomic E-state index is 0.123. The molecule has 6 heteroatoms. The molecule has 0 saturated heterocycles. The maximum Gasteiger partial charge on any atom is 0.176 e. The van der Waals surface area contributed by atoms with Gasteiger partial charge in [-0.3, -0.25) is 0 Å². The summed E-state index contributed by atoms with van der Waals surface area (Å²) in [4.78, 5) is 4.47. The van der Waals surface area contributed by atoms with Crippen molar-refractivity contribution in [1.82, 2.24) is 20.1 Å². The van der Waals surface area contributed by atoms with Crippen molar-refractivity contribution in [3.05, 3.63) is 41.7 Å². The first-order valence-corrected chi connectivity index (χ1v) is 8.95. The Labute approximate surface area is 147 Å². The van der Waals surface area contributed by atoms with Gasteiger partial charge in [-0.1, -0.05) is 12.1 Å². The Morgan fingerprint density at radius 1 is 1.44 bits per heavy atom. The topological polar surface area (TPSA) is 65.1 Å². The van der Waals surface area contributed by atoms with Gasteiger partial charge < -0.3 is 14.5 Å². The highest BCUT2D eigenvalue weighted by Crippen LogP contribution is 2.31. The Morgan fingerprint density at radius 3 is 3.16 bits per heavy atom. The van der Waals surface area contributed by atoms with Crippen molar-refractivity contribution in [3.8, 4) is 5.75 Å². The summed E-state index contributed by atoms with van der Waals surface area (Å²) >= 11 is 0. The molecular weight excluding hydrogens is 316 g/mol. The lowest BCUT2D eigenvalue weighted by molar-refractivity contribution is 0.313. The summed E-state index contributed by atoms with van der Waals surface area (Å²) in [7, 11) is 0. The summed E-state index contributed by atoms with van der Waals surface area (Å²) < 4.78 is 13.8. The number of benzene rings is 1. The Balaban J connectivity index is 1.50. The van der Waals surface area contributed by atoms with Gasteiger partial charge in [-0.25, -0.2) is 9.67 Å². The van der Waals surface area contributed by atoms with Gasteiger partial charge in [0.1, 0.15) is 17.4 Å². The molecule has 1 aliphatic rings. The van der Waals surface area contributed by atoms with Crippen molar-refractivity contribution in [2.24, 2.45) is 0 Å². The molecule has 3 aromatic rings. The largest absolute Gasteiger partial charge is 0.490 e. The summed E-state index contributed by atoms with van der Waals surface area (Å²) in [6, 6.07) is 8.60. The predicted octanol–water partition coefficient (Wildman–Crippen LogP) is 3.40. The van der Waals surface area contributed by atoms with Gasteiger partial charge in [-0.15, -0.1) is 0 Å². The third-order valence-electron chi connectivity index (χ3n) is 4.70. The summed E-state index contributed by atoms with van der Waals surface area (Å²) in [5.41, 5.74) is 0.825. The number of furan rings is 1. The van der Waals surface area contributed by atoms with Gasteiger partial charge in [0.2, 0.25) is 0 Å². The summed E-state index contributed by atoms with van der Waals surface area (Å²) in [6.45, 7) is 7.55. The van der Waals surface area contributed by atoms with Crippen molar-refractivity contribution in [3.63, 3.8) is 0 Å². The van der Waals surface area contributed by atoms with Crippen LogP contribution in [0.2, 0.25) is 0 Å². The number of para-hydroxylation sites is 1. The minimum Gasteiger partial charge on any atom is -0.490 e. The van der Waals surface area contributed by atoms with Crippen LogP contribution in [0.4, 0.5) is 0 Å². The lowest BCUT2D eigenvalue weighted by Crippen LogP contribution is -2.39. The predicted molar refractivity (Wildman–Crippen MR) is 95.8 cm³/mol. The standard InChI is InChI=1S/C19H24N4O2/c1-4-24-16-7-5-6-14-10-17(25-19(14)16)12(2)20-15-8-9-18-21-13(3)22-23(18)11-15/h5-7,10,12,15,20H,4,8-9,11H2,1-3H3/t12-,15-/m1/s1. The fraction of sp³-hybridized carbons (Fsp3) is 0.474. The van der Waals surface area contributed by atoms with Gasteiger partial charge in [0.05, 0.1) is 19.2 Å². The van der Waals surface area contributed by atoms with Crippen molar-refractivity contribution >= 4 is 11.0 Å². The molecule has 3 heterocycles. The third kappa shape index (κ3) is 3.14. The average molecular weight is 340 g/mol. The second-order valence-corrected chi connectivity index (χ2v) is 6.64. The van der Waals surface area contributed by atoms with Crippen LogP contribution in [0.1, 0.15) is 43.7 Å². The molecular formula is C19H24N4O2. The fourth-order valence-corrected chi connectivity index (χ4v) is 3.54. The molecule has 0 aliphatic carbocycles. The molecule has 1 aromatic carbocycles. The van der Waals surface area contributed by atoms with Gasteiger partial charge in [-0.05, 0) is 39.3 Å². The maximum atomic E-state index is 6.11. The molecule has 2 atom stereocenters. The van der Waals surface area contributed by atoms with E-state index in [1.807, 2.05) is 30.7 Å². The smallest absolute Gasteiger partial charge is 0.176 e. The molecule has 2 aromatic heterocycles. The number of rotatable bonds is 5. The van der Waals surface area contributed by atoms with E-state index in [2.05, 4.69) is 34.5 Å². The first kappa shape index (κ1) is 16.1. The van der Waals surface area contributed by atoms with E-state index in [4.69, 9.17) is 9.15 Å². The average Bonchev–Trinajstić information content (AvgIpc) is 3.18. The molecule has 0 spiro atoms. The minimum absolute atomic E-state index is 0.123. The third-order valence-corrected chi connectivity index (χ3v) is 4.70. The zero-order valence-corrected chi connectivity index (χ0v) is 15.0. The molecule has 0 amide bonds. The van der Waals surface area contributed by atoms with Crippen molar-refractivity contribution in [2.45, 2.75) is 52.2 Å². The molecule has 0 radical (unpaired) electrons. The second kappa shape index (κ2) is 6.52. The van der Waals surface area contributed by atoms with Crippen LogP contribution >= 0.6 is 0 Å². The van der Waals surface area contributed by atoms with Crippen molar-refractivity contribution in [2.75, 3.05) is 6.61 Å². The Morgan fingerprint density at radius 2 is 2.32 bits per heavy atom. The zero-order valence-electron chi connectivity index (χ0n) is 15.0. The number of aromatic nitrogens is 3. The molecule has 1 aliphatic heterocycles. The van der Waals surface area contributed by atoms with E-state index >= 15 is 0 Å². The Bertz CT molecular complexity index is 883. The molecule has 132 valence electrons. The Kier molecular flexibility index (Phi) is 4.21. The van der Waals surface area contributed by atoms with Gasteiger partial charge in [-0.2, -0.15) is 5.10 Å². The van der Waals surface area contributed by atoms with Crippen LogP contribution in [0.15, 0.2) is 28.7 Å². The van der Waals surface area contributed by atoms with Crippen LogP contribution < -0.4 is 10.1 Å². The zero-order chi connectivity index (χ0) is 17.4. The normalized spacial score (nSPS) is 18.3. The molecule has 0 bridgehead atoms. The van der Waals surface area contributed by atoms with E-state index in [1.54, 1.807) is 0 Å². The van der Waals surface area contributed by atoms with Crippen LogP contribution in [0.3, 0.4) is 0 Å². The van der Waals surface area contributed by atoms with Crippen LogP contribution in [-0.4, -0.2) is 27.4 Å². The van der Waals surface area contributed by atoms with Crippen LogP contribution in [-0.2, 0) is 13.0 Å². The first-order valence-electron chi connectivity index (χ1n) is 8.95. The number of aryl methyl sites for hydroxylation is 2. The van der Waals surface area contributed by atoms with Crippen LogP contribution in [0.5, 0.6) is 5.75 Å². The lowest BCUT2D eigenvalue weighted by Gasteiger charge is -2.26. The van der Waals surface area contributed by atoms with Crippen LogP contribution in [0, 0.1) is 6.92 Å². The number of hydrogen-bond donors (Lipinski definition) is 1. The number of hydrogen-bond acceptors (Lipinski definition) is 5. The molecule has 1 N–H and O–H groups in total. The molecule has 0 unspecified atom stereocenters. The SMILES string of the molecule is CCOc1cccc2cc([C@@H](C)N[C@@H]3CCc4nc(C)nn4C3)oc12. The van der Waals surface area contributed by atoms with Crippen LogP contribution in [0.25, 0.3) is 11.0 Å². The molecule has 25 heavy (non-hydrogen) atoms. The van der Waals surface area contributed by atoms with E-state index in [9.17, 15) is 0 Å². The summed E-state index contributed by atoms with van der Waals surface area (Å²) in [5, 5.41) is 9.22. The number of nitrogens with zero attached hydrogens (tertiary/aromatic N) is 3. The van der Waals surface area contributed by atoms with E-state index in [-0.39, 0.29) is 6.04 Å². The van der Waals surface area contributed by atoms with Gasteiger partial charge in [0.15, 0.2) is 11.3 Å². The van der Waals surface area contributed by atoms with E-state index in [0.29, 0.717) is 12.6 Å². The molecule has 0 fully saturated rings. The number of fused-ring (bicyclic) bond motifs is 2. The highest BCUT2D eigenvalue weighted by molar-refractivity contribution is 5.83. The highest BCUT2D eigenvalue weighted by atomic mass is 16.5. The second-order valence-electron chi connectivity index (χ2n) is 6.64. The van der Waals surface area contributed by atoms with Crippen molar-refractivity contribution in [1.29, 1.82) is 0 Å². The van der Waals surface area contributed by atoms with Crippen molar-refractivity contribution < 1.29 is 9.15 Å². The first-order chi connectivity index (χ1) is 12.1. The quantitative estimate of drug-likeness (QED) is 0.771. The Hall–Kier alpha value is -2.34. The highest BCUT2D eigenvalue weighted by Gasteiger charge is 2.23. The van der Waals surface area contributed by atoms with E-state index in [0.717, 1.165) is 53.5 Å². The summed E-state index contributed by atoms with van der Waals surface area (Å²) in [6.07, 6.45) is 2.02. The lowest BCUT2D eigenvalue weighted by atomic mass is 10.1. The fourth-order valence-electron chi connectivity index (χ4n) is 3.54. The maximum absolute atomic E-state index is 6.11. The number of nitrogens with one attached hydrogen (secondary N) is 1. The van der Waals surface area contributed by atoms with E-state index < -0.39 is 0 Å². The summed E-state index contributed by atoms with van der Waals surface area (Å²) in [5.74, 6) is 3.68. The van der Waals surface area contributed by atoms with Gasteiger partial charge in [0.25, 0.3) is 0 Å². The molecule has 4 rings (SSSR count). The van der Waals surface area contributed by atoms with E-state index in [1.165, 1.54) is 0 Å². The van der Waals surface area contributed by atoms with Gasteiger partial charge in [0, 0.05) is 17.8 Å². The van der Waals surface area contributed by atoms with Gasteiger partial charge >= 0.3 is 0 Å². The monoisotopic (exact) mass is 340 g/mol.